The highest BCUT2D eigenvalue weighted by Gasteiger charge is 2.13. The van der Waals surface area contributed by atoms with Gasteiger partial charge in [-0.3, -0.25) is 9.48 Å². The quantitative estimate of drug-likeness (QED) is 0.823. The summed E-state index contributed by atoms with van der Waals surface area (Å²) in [5.41, 5.74) is 7.03. The summed E-state index contributed by atoms with van der Waals surface area (Å²) in [7, 11) is 1.66. The molecule has 1 amide bonds. The molecule has 6 nitrogen and oxygen atoms in total. The molecule has 0 fully saturated rings. The van der Waals surface area contributed by atoms with Gasteiger partial charge in [0.2, 0.25) is 0 Å². The third-order valence-corrected chi connectivity index (χ3v) is 2.48. The average molecular weight is 241 g/mol. The van der Waals surface area contributed by atoms with Crippen LogP contribution in [-0.2, 0) is 7.05 Å². The van der Waals surface area contributed by atoms with E-state index in [2.05, 4.69) is 10.4 Å². The van der Waals surface area contributed by atoms with Crippen LogP contribution in [0.2, 0.25) is 0 Å². The van der Waals surface area contributed by atoms with Crippen molar-refractivity contribution in [1.82, 2.24) is 9.78 Å². The maximum absolute atomic E-state index is 11.9. The van der Waals surface area contributed by atoms with Crippen molar-refractivity contribution >= 4 is 17.4 Å². The summed E-state index contributed by atoms with van der Waals surface area (Å²) in [5, 5.41) is 15.3. The molecule has 0 unspecified atom stereocenters. The Kier molecular flexibility index (Phi) is 2.98. The number of hydrogen-bond donors (Lipinski definition) is 2. The Balaban J connectivity index is 2.22. The normalized spacial score (nSPS) is 9.78. The zero-order valence-electron chi connectivity index (χ0n) is 9.71. The van der Waals surface area contributed by atoms with E-state index in [-0.39, 0.29) is 5.91 Å². The molecule has 0 bridgehead atoms. The first kappa shape index (κ1) is 11.7. The van der Waals surface area contributed by atoms with Crippen molar-refractivity contribution in [2.45, 2.75) is 0 Å². The summed E-state index contributed by atoms with van der Waals surface area (Å²) >= 11 is 0. The minimum Gasteiger partial charge on any atom is -0.383 e. The van der Waals surface area contributed by atoms with E-state index in [1.54, 1.807) is 31.3 Å². The van der Waals surface area contributed by atoms with Crippen LogP contribution in [0.3, 0.4) is 0 Å². The summed E-state index contributed by atoms with van der Waals surface area (Å²) in [6.07, 6.45) is 1.40. The van der Waals surface area contributed by atoms with Gasteiger partial charge in [-0.2, -0.15) is 10.4 Å². The Bertz CT molecular complexity index is 638. The van der Waals surface area contributed by atoms with Gasteiger partial charge in [0.05, 0.1) is 17.8 Å². The van der Waals surface area contributed by atoms with Crippen molar-refractivity contribution in [3.8, 4) is 6.07 Å². The van der Waals surface area contributed by atoms with Crippen molar-refractivity contribution in [3.63, 3.8) is 0 Å². The molecular formula is C12H11N5O. The van der Waals surface area contributed by atoms with Gasteiger partial charge in [0, 0.05) is 12.7 Å². The first-order valence-corrected chi connectivity index (χ1v) is 5.21. The number of rotatable bonds is 2. The number of carbonyl (C=O) groups excluding carboxylic acids is 1. The predicted octanol–water partition coefficient (Wildman–Crippen LogP) is 1.13. The van der Waals surface area contributed by atoms with Gasteiger partial charge in [-0.1, -0.05) is 6.07 Å². The number of hydrogen-bond acceptors (Lipinski definition) is 4. The van der Waals surface area contributed by atoms with Crippen LogP contribution in [0.5, 0.6) is 0 Å². The number of anilines is 2. The van der Waals surface area contributed by atoms with Crippen LogP contribution in [0.25, 0.3) is 0 Å². The number of amides is 1. The molecule has 0 aliphatic rings. The first-order chi connectivity index (χ1) is 8.61. The number of carbonyl (C=O) groups is 1. The molecule has 3 N–H and O–H groups in total. The molecule has 2 rings (SSSR count). The molecular weight excluding hydrogens is 230 g/mol. The molecule has 1 heterocycles. The number of nitrogens with two attached hydrogens (primary N) is 1. The number of nitrogen functional groups attached to an aromatic ring is 1. The van der Waals surface area contributed by atoms with Gasteiger partial charge in [-0.25, -0.2) is 0 Å². The summed E-state index contributed by atoms with van der Waals surface area (Å²) in [4.78, 5) is 11.9. The van der Waals surface area contributed by atoms with E-state index < -0.39 is 0 Å². The number of benzene rings is 1. The molecule has 0 atom stereocenters. The van der Waals surface area contributed by atoms with E-state index in [1.165, 1.54) is 10.9 Å². The third kappa shape index (κ3) is 2.15. The van der Waals surface area contributed by atoms with Crippen LogP contribution < -0.4 is 11.1 Å². The molecule has 1 aromatic carbocycles. The second-order valence-electron chi connectivity index (χ2n) is 3.71. The molecule has 0 spiro atoms. The number of aromatic nitrogens is 2. The summed E-state index contributed by atoms with van der Waals surface area (Å²) in [6.45, 7) is 0. The van der Waals surface area contributed by atoms with Crippen molar-refractivity contribution in [3.05, 3.63) is 41.6 Å². The third-order valence-electron chi connectivity index (χ3n) is 2.48. The standard InChI is InChI=1S/C12H11N5O/c1-17-11(14)10(7-15-17)12(18)16-9-4-2-3-8(5-9)6-13/h2-5,7H,14H2,1H3,(H,16,18). The molecule has 0 aliphatic carbocycles. The second-order valence-corrected chi connectivity index (χ2v) is 3.71. The van der Waals surface area contributed by atoms with Crippen LogP contribution in [0.1, 0.15) is 15.9 Å². The number of nitrogens with one attached hydrogen (secondary N) is 1. The number of nitriles is 1. The topological polar surface area (TPSA) is 96.7 Å². The van der Waals surface area contributed by atoms with E-state index in [1.807, 2.05) is 6.07 Å². The van der Waals surface area contributed by atoms with Crippen molar-refractivity contribution in [2.75, 3.05) is 11.1 Å². The van der Waals surface area contributed by atoms with Crippen LogP contribution >= 0.6 is 0 Å². The first-order valence-electron chi connectivity index (χ1n) is 5.21. The van der Waals surface area contributed by atoms with E-state index in [9.17, 15) is 4.79 Å². The van der Waals surface area contributed by atoms with Crippen LogP contribution in [0, 0.1) is 11.3 Å². The molecule has 0 aliphatic heterocycles. The Morgan fingerprint density at radius 2 is 2.33 bits per heavy atom. The van der Waals surface area contributed by atoms with Crippen molar-refractivity contribution < 1.29 is 4.79 Å². The lowest BCUT2D eigenvalue weighted by Crippen LogP contribution is -2.13. The molecule has 90 valence electrons. The Morgan fingerprint density at radius 1 is 1.56 bits per heavy atom. The second kappa shape index (κ2) is 4.59. The zero-order chi connectivity index (χ0) is 13.1. The zero-order valence-corrected chi connectivity index (χ0v) is 9.71. The van der Waals surface area contributed by atoms with Crippen LogP contribution in [0.15, 0.2) is 30.5 Å². The lowest BCUT2D eigenvalue weighted by molar-refractivity contribution is 0.102. The Labute approximate surface area is 104 Å². The van der Waals surface area contributed by atoms with Crippen LogP contribution in [-0.4, -0.2) is 15.7 Å². The van der Waals surface area contributed by atoms with Gasteiger partial charge in [0.1, 0.15) is 11.4 Å². The fraction of sp³-hybridized carbons (Fsp3) is 0.0833. The SMILES string of the molecule is Cn1ncc(C(=O)Nc2cccc(C#N)c2)c1N. The summed E-state index contributed by atoms with van der Waals surface area (Å²) < 4.78 is 1.42. The number of aryl methyl sites for hydroxylation is 1. The molecule has 1 aromatic heterocycles. The van der Waals surface area contributed by atoms with E-state index >= 15 is 0 Å². The molecule has 18 heavy (non-hydrogen) atoms. The van der Waals surface area contributed by atoms with E-state index in [0.29, 0.717) is 22.6 Å². The summed E-state index contributed by atoms with van der Waals surface area (Å²) in [6, 6.07) is 8.65. The van der Waals surface area contributed by atoms with Gasteiger partial charge in [0.15, 0.2) is 0 Å². The lowest BCUT2D eigenvalue weighted by Gasteiger charge is -2.04. The molecule has 2 aromatic rings. The van der Waals surface area contributed by atoms with Crippen molar-refractivity contribution in [1.29, 1.82) is 5.26 Å². The predicted molar refractivity (Wildman–Crippen MR) is 66.7 cm³/mol. The maximum Gasteiger partial charge on any atom is 0.261 e. The minimum atomic E-state index is -0.351. The lowest BCUT2D eigenvalue weighted by atomic mass is 10.2. The summed E-state index contributed by atoms with van der Waals surface area (Å²) in [5.74, 6) is -0.0559. The highest BCUT2D eigenvalue weighted by atomic mass is 16.1. The van der Waals surface area contributed by atoms with Gasteiger partial charge in [-0.05, 0) is 18.2 Å². The molecule has 0 saturated carbocycles. The Hall–Kier alpha value is -2.81. The van der Waals surface area contributed by atoms with Crippen LogP contribution in [0.4, 0.5) is 11.5 Å². The van der Waals surface area contributed by atoms with Gasteiger partial charge >= 0.3 is 0 Å². The number of nitrogens with zero attached hydrogens (tertiary/aromatic N) is 3. The maximum atomic E-state index is 11.9. The van der Waals surface area contributed by atoms with E-state index in [4.69, 9.17) is 11.0 Å². The largest absolute Gasteiger partial charge is 0.383 e. The smallest absolute Gasteiger partial charge is 0.261 e. The molecule has 6 heteroatoms. The monoisotopic (exact) mass is 241 g/mol. The van der Waals surface area contributed by atoms with Crippen molar-refractivity contribution in [2.24, 2.45) is 7.05 Å². The fourth-order valence-corrected chi connectivity index (χ4v) is 1.49. The van der Waals surface area contributed by atoms with Gasteiger partial charge in [-0.15, -0.1) is 0 Å². The average Bonchev–Trinajstić information content (AvgIpc) is 2.70. The molecule has 0 saturated heterocycles. The van der Waals surface area contributed by atoms with Gasteiger partial charge in [0.25, 0.3) is 5.91 Å². The minimum absolute atomic E-state index is 0.295. The molecule has 0 radical (unpaired) electrons. The Morgan fingerprint density at radius 3 is 2.94 bits per heavy atom. The highest BCUT2D eigenvalue weighted by molar-refractivity contribution is 6.07. The fourth-order valence-electron chi connectivity index (χ4n) is 1.49. The highest BCUT2D eigenvalue weighted by Crippen LogP contribution is 2.14. The van der Waals surface area contributed by atoms with Gasteiger partial charge < -0.3 is 11.1 Å². The van der Waals surface area contributed by atoms with E-state index in [0.717, 1.165) is 0 Å².